The van der Waals surface area contributed by atoms with E-state index < -0.39 is 0 Å². The first-order valence-corrected chi connectivity index (χ1v) is 8.51. The lowest BCUT2D eigenvalue weighted by Crippen LogP contribution is -2.35. The summed E-state index contributed by atoms with van der Waals surface area (Å²) in [6.45, 7) is 5.78. The zero-order valence-electron chi connectivity index (χ0n) is 13.9. The van der Waals surface area contributed by atoms with Crippen molar-refractivity contribution in [3.05, 3.63) is 59.2 Å². The Bertz CT molecular complexity index is 893. The molecule has 0 aromatic heterocycles. The van der Waals surface area contributed by atoms with Crippen molar-refractivity contribution in [1.82, 2.24) is 0 Å². The summed E-state index contributed by atoms with van der Waals surface area (Å²) in [7, 11) is 0. The molecule has 1 aliphatic rings. The van der Waals surface area contributed by atoms with E-state index >= 15 is 0 Å². The van der Waals surface area contributed by atoms with Crippen LogP contribution in [0.4, 0.5) is 0 Å². The molecule has 0 fully saturated rings. The number of hydrogen-bond acceptors (Lipinski definition) is 2. The molecule has 0 atom stereocenters. The Hall–Kier alpha value is -1.90. The Morgan fingerprint density at radius 3 is 2.57 bits per heavy atom. The van der Waals surface area contributed by atoms with Gasteiger partial charge in [0, 0.05) is 5.54 Å². The zero-order valence-corrected chi connectivity index (χ0v) is 13.9. The van der Waals surface area contributed by atoms with Gasteiger partial charge in [-0.25, -0.2) is 0 Å². The summed E-state index contributed by atoms with van der Waals surface area (Å²) in [4.78, 5) is 0. The third kappa shape index (κ3) is 2.09. The molecule has 0 bridgehead atoms. The SMILES string of the molecule is CCC(N)(CC)c1cc2ccccc2c2ccc3c(c12)COC3. The maximum absolute atomic E-state index is 6.83. The Kier molecular flexibility index (Phi) is 3.40. The molecule has 1 heterocycles. The molecule has 23 heavy (non-hydrogen) atoms. The number of hydrogen-bond donors (Lipinski definition) is 1. The van der Waals surface area contributed by atoms with Crippen LogP contribution in [-0.2, 0) is 23.5 Å². The lowest BCUT2D eigenvalue weighted by Gasteiger charge is -2.30. The van der Waals surface area contributed by atoms with Crippen LogP contribution in [0.3, 0.4) is 0 Å². The van der Waals surface area contributed by atoms with Gasteiger partial charge in [0.25, 0.3) is 0 Å². The van der Waals surface area contributed by atoms with Crippen molar-refractivity contribution in [2.24, 2.45) is 5.73 Å². The van der Waals surface area contributed by atoms with Crippen LogP contribution >= 0.6 is 0 Å². The molecule has 2 N–H and O–H groups in total. The van der Waals surface area contributed by atoms with Gasteiger partial charge in [0.2, 0.25) is 0 Å². The largest absolute Gasteiger partial charge is 0.372 e. The maximum atomic E-state index is 6.83. The topological polar surface area (TPSA) is 35.2 Å². The highest BCUT2D eigenvalue weighted by Crippen LogP contribution is 2.40. The molecule has 0 saturated carbocycles. The summed E-state index contributed by atoms with van der Waals surface area (Å²) in [6, 6.07) is 15.4. The second kappa shape index (κ2) is 5.33. The lowest BCUT2D eigenvalue weighted by molar-refractivity contribution is 0.135. The normalized spacial score (nSPS) is 14.6. The standard InChI is InChI=1S/C21H23NO/c1-3-21(22,4-2)19-11-14-7-5-6-8-16(14)17-10-9-15-12-23-13-18(15)20(17)19/h5-11H,3-4,12-13,22H2,1-2H3. The molecule has 0 amide bonds. The van der Waals surface area contributed by atoms with Crippen LogP contribution in [0.25, 0.3) is 21.5 Å². The maximum Gasteiger partial charge on any atom is 0.0731 e. The van der Waals surface area contributed by atoms with E-state index in [9.17, 15) is 0 Å². The zero-order chi connectivity index (χ0) is 16.0. The Morgan fingerprint density at radius 2 is 1.78 bits per heavy atom. The van der Waals surface area contributed by atoms with Gasteiger partial charge in [-0.3, -0.25) is 0 Å². The summed E-state index contributed by atoms with van der Waals surface area (Å²) in [5.74, 6) is 0. The smallest absolute Gasteiger partial charge is 0.0731 e. The van der Waals surface area contributed by atoms with Gasteiger partial charge in [-0.15, -0.1) is 0 Å². The fourth-order valence-electron chi connectivity index (χ4n) is 3.91. The van der Waals surface area contributed by atoms with E-state index in [0.29, 0.717) is 13.2 Å². The van der Waals surface area contributed by atoms with Crippen LogP contribution in [0.15, 0.2) is 42.5 Å². The van der Waals surface area contributed by atoms with Crippen molar-refractivity contribution in [2.75, 3.05) is 0 Å². The minimum absolute atomic E-state index is 0.292. The third-order valence-corrected chi connectivity index (χ3v) is 5.53. The van der Waals surface area contributed by atoms with Crippen molar-refractivity contribution < 1.29 is 4.74 Å². The molecule has 3 aromatic carbocycles. The first kappa shape index (κ1) is 14.7. The molecule has 1 aliphatic heterocycles. The highest BCUT2D eigenvalue weighted by atomic mass is 16.5. The van der Waals surface area contributed by atoms with Gasteiger partial charge in [-0.05, 0) is 57.1 Å². The Balaban J connectivity index is 2.20. The first-order valence-electron chi connectivity index (χ1n) is 8.51. The van der Waals surface area contributed by atoms with Gasteiger partial charge in [0.1, 0.15) is 0 Å². The van der Waals surface area contributed by atoms with Crippen LogP contribution < -0.4 is 5.73 Å². The fourth-order valence-corrected chi connectivity index (χ4v) is 3.91. The quantitative estimate of drug-likeness (QED) is 0.691. The van der Waals surface area contributed by atoms with E-state index in [2.05, 4.69) is 56.3 Å². The predicted molar refractivity (Wildman–Crippen MR) is 96.4 cm³/mol. The van der Waals surface area contributed by atoms with Gasteiger partial charge >= 0.3 is 0 Å². The monoisotopic (exact) mass is 305 g/mol. The number of nitrogens with two attached hydrogens (primary N) is 1. The number of fused-ring (bicyclic) bond motifs is 5. The van der Waals surface area contributed by atoms with Crippen molar-refractivity contribution in [3.8, 4) is 0 Å². The van der Waals surface area contributed by atoms with Crippen molar-refractivity contribution in [3.63, 3.8) is 0 Å². The van der Waals surface area contributed by atoms with Gasteiger partial charge < -0.3 is 10.5 Å². The summed E-state index contributed by atoms with van der Waals surface area (Å²) in [5.41, 5.74) is 10.5. The summed E-state index contributed by atoms with van der Waals surface area (Å²) >= 11 is 0. The first-order chi connectivity index (χ1) is 11.2. The average Bonchev–Trinajstić information content (AvgIpc) is 3.09. The second-order valence-corrected chi connectivity index (χ2v) is 6.63. The summed E-state index contributed by atoms with van der Waals surface area (Å²) in [6.07, 6.45) is 1.86. The number of benzene rings is 3. The summed E-state index contributed by atoms with van der Waals surface area (Å²) in [5, 5.41) is 5.20. The third-order valence-electron chi connectivity index (χ3n) is 5.53. The summed E-state index contributed by atoms with van der Waals surface area (Å²) < 4.78 is 5.73. The molecule has 0 unspecified atom stereocenters. The molecule has 0 saturated heterocycles. The molecule has 0 radical (unpaired) electrons. The van der Waals surface area contributed by atoms with Crippen LogP contribution in [0.5, 0.6) is 0 Å². The highest BCUT2D eigenvalue weighted by molar-refractivity contribution is 6.10. The number of rotatable bonds is 3. The van der Waals surface area contributed by atoms with Gasteiger partial charge in [0.05, 0.1) is 13.2 Å². The fraction of sp³-hybridized carbons (Fsp3) is 0.333. The van der Waals surface area contributed by atoms with Gasteiger partial charge in [-0.1, -0.05) is 50.2 Å². The average molecular weight is 305 g/mol. The number of ether oxygens (including phenoxy) is 1. The van der Waals surface area contributed by atoms with Crippen molar-refractivity contribution >= 4 is 21.5 Å². The van der Waals surface area contributed by atoms with Gasteiger partial charge in [-0.2, -0.15) is 0 Å². The van der Waals surface area contributed by atoms with Crippen LogP contribution in [0, 0.1) is 0 Å². The lowest BCUT2D eigenvalue weighted by atomic mass is 9.79. The molecular formula is C21H23NO. The molecule has 118 valence electrons. The minimum Gasteiger partial charge on any atom is -0.372 e. The van der Waals surface area contributed by atoms with Crippen LogP contribution in [0.1, 0.15) is 43.4 Å². The van der Waals surface area contributed by atoms with Gasteiger partial charge in [0.15, 0.2) is 0 Å². The minimum atomic E-state index is -0.292. The van der Waals surface area contributed by atoms with Crippen LogP contribution in [-0.4, -0.2) is 0 Å². The Labute approximate surface area is 137 Å². The molecule has 4 rings (SSSR count). The van der Waals surface area contributed by atoms with E-state index in [1.807, 2.05) is 0 Å². The van der Waals surface area contributed by atoms with E-state index in [0.717, 1.165) is 12.8 Å². The van der Waals surface area contributed by atoms with E-state index in [-0.39, 0.29) is 5.54 Å². The van der Waals surface area contributed by atoms with E-state index in [1.54, 1.807) is 0 Å². The highest BCUT2D eigenvalue weighted by Gasteiger charge is 2.28. The molecule has 0 spiro atoms. The van der Waals surface area contributed by atoms with Crippen LogP contribution in [0.2, 0.25) is 0 Å². The Morgan fingerprint density at radius 1 is 1.00 bits per heavy atom. The van der Waals surface area contributed by atoms with E-state index in [1.165, 1.54) is 38.2 Å². The molecule has 3 aromatic rings. The molecule has 2 heteroatoms. The molecule has 2 nitrogen and oxygen atoms in total. The second-order valence-electron chi connectivity index (χ2n) is 6.63. The molecule has 0 aliphatic carbocycles. The van der Waals surface area contributed by atoms with E-state index in [4.69, 9.17) is 10.5 Å². The predicted octanol–water partition coefficient (Wildman–Crippen LogP) is 5.00. The van der Waals surface area contributed by atoms with Crippen molar-refractivity contribution in [2.45, 2.75) is 45.4 Å². The molecular weight excluding hydrogens is 282 g/mol. The van der Waals surface area contributed by atoms with Crippen molar-refractivity contribution in [1.29, 1.82) is 0 Å².